The summed E-state index contributed by atoms with van der Waals surface area (Å²) in [5.41, 5.74) is 0.604. The van der Waals surface area contributed by atoms with Crippen molar-refractivity contribution >= 4 is 44.8 Å². The van der Waals surface area contributed by atoms with Gasteiger partial charge in [0.2, 0.25) is 0 Å². The van der Waals surface area contributed by atoms with Gasteiger partial charge in [0.15, 0.2) is 0 Å². The van der Waals surface area contributed by atoms with Crippen molar-refractivity contribution in [1.82, 2.24) is 0 Å². The molecule has 20 heavy (non-hydrogen) atoms. The SMILES string of the molecule is O=C(Nc1ccccc1Br)c1ccc([N+](=O)[O-])cc1Cl. The van der Waals surface area contributed by atoms with Gasteiger partial charge in [-0.1, -0.05) is 23.7 Å². The number of halogens is 2. The molecule has 0 aliphatic carbocycles. The summed E-state index contributed by atoms with van der Waals surface area (Å²) in [6, 6.07) is 10.8. The Morgan fingerprint density at radius 2 is 1.95 bits per heavy atom. The van der Waals surface area contributed by atoms with E-state index in [0.29, 0.717) is 5.69 Å². The molecule has 0 fully saturated rings. The van der Waals surface area contributed by atoms with Gasteiger partial charge in [0, 0.05) is 16.6 Å². The topological polar surface area (TPSA) is 72.2 Å². The number of nitrogens with one attached hydrogen (secondary N) is 1. The normalized spacial score (nSPS) is 10.1. The Morgan fingerprint density at radius 1 is 1.25 bits per heavy atom. The number of nitro benzene ring substituents is 1. The first kappa shape index (κ1) is 14.5. The van der Waals surface area contributed by atoms with Gasteiger partial charge in [0.05, 0.1) is 21.2 Å². The Labute approximate surface area is 127 Å². The predicted octanol–water partition coefficient (Wildman–Crippen LogP) is 4.26. The summed E-state index contributed by atoms with van der Waals surface area (Å²) in [7, 11) is 0. The standard InChI is InChI=1S/C13H8BrClN2O3/c14-10-3-1-2-4-12(10)16-13(18)9-6-5-8(17(19)20)7-11(9)15/h1-7H,(H,16,18). The maximum atomic E-state index is 12.1. The number of rotatable bonds is 3. The molecule has 0 saturated carbocycles. The van der Waals surface area contributed by atoms with Crippen molar-refractivity contribution in [3.8, 4) is 0 Å². The Bertz CT molecular complexity index is 691. The third kappa shape index (κ3) is 3.15. The molecule has 102 valence electrons. The zero-order chi connectivity index (χ0) is 14.7. The van der Waals surface area contributed by atoms with Gasteiger partial charge in [-0.2, -0.15) is 0 Å². The molecule has 0 aromatic heterocycles. The van der Waals surface area contributed by atoms with E-state index in [4.69, 9.17) is 11.6 Å². The minimum atomic E-state index is -0.568. The Kier molecular flexibility index (Phi) is 4.36. The summed E-state index contributed by atoms with van der Waals surface area (Å²) in [6.45, 7) is 0. The lowest BCUT2D eigenvalue weighted by atomic mass is 10.2. The Morgan fingerprint density at radius 3 is 2.55 bits per heavy atom. The molecule has 0 radical (unpaired) electrons. The lowest BCUT2D eigenvalue weighted by molar-refractivity contribution is -0.384. The van der Waals surface area contributed by atoms with Crippen molar-refractivity contribution in [3.63, 3.8) is 0 Å². The molecule has 0 atom stereocenters. The van der Waals surface area contributed by atoms with Crippen molar-refractivity contribution < 1.29 is 9.72 Å². The molecule has 0 aliphatic heterocycles. The highest BCUT2D eigenvalue weighted by Crippen LogP contribution is 2.25. The van der Waals surface area contributed by atoms with Gasteiger partial charge in [-0.25, -0.2) is 0 Å². The van der Waals surface area contributed by atoms with Crippen molar-refractivity contribution in [2.45, 2.75) is 0 Å². The molecule has 7 heteroatoms. The number of para-hydroxylation sites is 1. The quantitative estimate of drug-likeness (QED) is 0.660. The second-order valence-corrected chi connectivity index (χ2v) is 5.12. The van der Waals surface area contributed by atoms with E-state index in [1.54, 1.807) is 18.2 Å². The second kappa shape index (κ2) is 6.02. The molecule has 0 spiro atoms. The van der Waals surface area contributed by atoms with Crippen LogP contribution in [0, 0.1) is 10.1 Å². The van der Waals surface area contributed by atoms with Gasteiger partial charge in [-0.3, -0.25) is 14.9 Å². The van der Waals surface area contributed by atoms with E-state index in [0.717, 1.165) is 10.5 Å². The molecule has 0 unspecified atom stereocenters. The maximum absolute atomic E-state index is 12.1. The van der Waals surface area contributed by atoms with E-state index in [2.05, 4.69) is 21.2 Å². The summed E-state index contributed by atoms with van der Waals surface area (Å²) in [5.74, 6) is -0.434. The van der Waals surface area contributed by atoms with Crippen LogP contribution in [0.25, 0.3) is 0 Å². The monoisotopic (exact) mass is 354 g/mol. The average Bonchev–Trinajstić information content (AvgIpc) is 2.41. The van der Waals surface area contributed by atoms with Crippen LogP contribution < -0.4 is 5.32 Å². The zero-order valence-corrected chi connectivity index (χ0v) is 12.3. The maximum Gasteiger partial charge on any atom is 0.270 e. The summed E-state index contributed by atoms with van der Waals surface area (Å²) >= 11 is 9.21. The third-order valence-electron chi connectivity index (χ3n) is 2.53. The van der Waals surface area contributed by atoms with Crippen LogP contribution in [0.2, 0.25) is 5.02 Å². The molecule has 1 amide bonds. The highest BCUT2D eigenvalue weighted by Gasteiger charge is 2.15. The van der Waals surface area contributed by atoms with Crippen LogP contribution >= 0.6 is 27.5 Å². The average molecular weight is 356 g/mol. The van der Waals surface area contributed by atoms with Gasteiger partial charge in [0.25, 0.3) is 11.6 Å². The fraction of sp³-hybridized carbons (Fsp3) is 0. The van der Waals surface area contributed by atoms with Gasteiger partial charge in [-0.05, 0) is 34.1 Å². The zero-order valence-electron chi connectivity index (χ0n) is 9.97. The smallest absolute Gasteiger partial charge is 0.270 e. The number of benzene rings is 2. The first-order valence-corrected chi connectivity index (χ1v) is 6.66. The lowest BCUT2D eigenvalue weighted by Crippen LogP contribution is -2.12. The van der Waals surface area contributed by atoms with Crippen LogP contribution in [0.15, 0.2) is 46.9 Å². The first-order valence-electron chi connectivity index (χ1n) is 5.49. The fourth-order valence-electron chi connectivity index (χ4n) is 1.55. The van der Waals surface area contributed by atoms with Gasteiger partial charge < -0.3 is 5.32 Å². The number of hydrogen-bond acceptors (Lipinski definition) is 3. The van der Waals surface area contributed by atoms with Crippen LogP contribution in [-0.4, -0.2) is 10.8 Å². The number of amides is 1. The first-order chi connectivity index (χ1) is 9.49. The van der Waals surface area contributed by atoms with E-state index < -0.39 is 10.8 Å². The van der Waals surface area contributed by atoms with E-state index >= 15 is 0 Å². The summed E-state index contributed by atoms with van der Waals surface area (Å²) in [5, 5.41) is 13.3. The number of hydrogen-bond donors (Lipinski definition) is 1. The number of anilines is 1. The van der Waals surface area contributed by atoms with Gasteiger partial charge in [0.1, 0.15) is 0 Å². The van der Waals surface area contributed by atoms with Gasteiger partial charge >= 0.3 is 0 Å². The van der Waals surface area contributed by atoms with Crippen LogP contribution in [0.5, 0.6) is 0 Å². The molecule has 0 saturated heterocycles. The predicted molar refractivity (Wildman–Crippen MR) is 80.2 cm³/mol. The van der Waals surface area contributed by atoms with Crippen LogP contribution in [0.3, 0.4) is 0 Å². The molecule has 0 aliphatic rings. The highest BCUT2D eigenvalue weighted by molar-refractivity contribution is 9.10. The highest BCUT2D eigenvalue weighted by atomic mass is 79.9. The molecule has 0 heterocycles. The van der Waals surface area contributed by atoms with E-state index in [1.165, 1.54) is 12.1 Å². The second-order valence-electron chi connectivity index (χ2n) is 3.86. The van der Waals surface area contributed by atoms with Crippen LogP contribution in [0.4, 0.5) is 11.4 Å². The van der Waals surface area contributed by atoms with E-state index in [-0.39, 0.29) is 16.3 Å². The molecule has 2 rings (SSSR count). The van der Waals surface area contributed by atoms with E-state index in [1.807, 2.05) is 6.07 Å². The van der Waals surface area contributed by atoms with Crippen molar-refractivity contribution in [2.75, 3.05) is 5.32 Å². The summed E-state index contributed by atoms with van der Waals surface area (Å²) in [6.07, 6.45) is 0. The van der Waals surface area contributed by atoms with E-state index in [9.17, 15) is 14.9 Å². The number of non-ortho nitro benzene ring substituents is 1. The molecule has 1 N–H and O–H groups in total. The lowest BCUT2D eigenvalue weighted by Gasteiger charge is -2.08. The summed E-state index contributed by atoms with van der Waals surface area (Å²) < 4.78 is 0.728. The fourth-order valence-corrected chi connectivity index (χ4v) is 2.20. The minimum absolute atomic E-state index is 0.0313. The molecule has 5 nitrogen and oxygen atoms in total. The number of carbonyl (C=O) groups is 1. The Balaban J connectivity index is 2.26. The van der Waals surface area contributed by atoms with Crippen LogP contribution in [0.1, 0.15) is 10.4 Å². The summed E-state index contributed by atoms with van der Waals surface area (Å²) in [4.78, 5) is 22.1. The minimum Gasteiger partial charge on any atom is -0.321 e. The molecule has 0 bridgehead atoms. The Hall–Kier alpha value is -1.92. The molecular formula is C13H8BrClN2O3. The largest absolute Gasteiger partial charge is 0.321 e. The number of nitrogens with zero attached hydrogens (tertiary/aromatic N) is 1. The molecule has 2 aromatic rings. The van der Waals surface area contributed by atoms with Crippen molar-refractivity contribution in [2.24, 2.45) is 0 Å². The number of nitro groups is 1. The number of carbonyl (C=O) groups excluding carboxylic acids is 1. The van der Waals surface area contributed by atoms with Crippen LogP contribution in [-0.2, 0) is 0 Å². The third-order valence-corrected chi connectivity index (χ3v) is 3.53. The molecule has 2 aromatic carbocycles. The molecular weight excluding hydrogens is 348 g/mol. The van der Waals surface area contributed by atoms with Crippen molar-refractivity contribution in [3.05, 3.63) is 67.6 Å². The van der Waals surface area contributed by atoms with Crippen molar-refractivity contribution in [1.29, 1.82) is 0 Å². The van der Waals surface area contributed by atoms with Gasteiger partial charge in [-0.15, -0.1) is 0 Å².